The molecule has 1 heteroatoms. The Kier molecular flexibility index (Phi) is 3.87. The fraction of sp³-hybridized carbons (Fsp3) is 0.600. The monoisotopic (exact) mass is 218 g/mol. The van der Waals surface area contributed by atoms with E-state index in [4.69, 9.17) is 4.74 Å². The van der Waals surface area contributed by atoms with Gasteiger partial charge >= 0.3 is 0 Å². The molecule has 0 spiro atoms. The van der Waals surface area contributed by atoms with Crippen LogP contribution >= 0.6 is 0 Å². The van der Waals surface area contributed by atoms with E-state index in [1.54, 1.807) is 0 Å². The van der Waals surface area contributed by atoms with Crippen LogP contribution in [0, 0.1) is 13.8 Å². The van der Waals surface area contributed by atoms with Gasteiger partial charge in [0.1, 0.15) is 5.75 Å². The van der Waals surface area contributed by atoms with E-state index in [9.17, 15) is 0 Å². The highest BCUT2D eigenvalue weighted by atomic mass is 16.5. The molecule has 1 aliphatic rings. The van der Waals surface area contributed by atoms with Crippen molar-refractivity contribution in [1.29, 1.82) is 0 Å². The highest BCUT2D eigenvalue weighted by molar-refractivity contribution is 5.39. The average molecular weight is 218 g/mol. The van der Waals surface area contributed by atoms with Crippen molar-refractivity contribution in [3.8, 4) is 5.75 Å². The molecule has 1 aromatic carbocycles. The lowest BCUT2D eigenvalue weighted by Crippen LogP contribution is -2.16. The van der Waals surface area contributed by atoms with Crippen LogP contribution in [0.4, 0.5) is 0 Å². The van der Waals surface area contributed by atoms with Gasteiger partial charge in [-0.25, -0.2) is 0 Å². The van der Waals surface area contributed by atoms with Gasteiger partial charge in [-0.15, -0.1) is 0 Å². The molecule has 0 bridgehead atoms. The van der Waals surface area contributed by atoms with E-state index in [0.29, 0.717) is 6.10 Å². The second-order valence-electron chi connectivity index (χ2n) is 4.95. The molecular weight excluding hydrogens is 196 g/mol. The Morgan fingerprint density at radius 2 is 1.50 bits per heavy atom. The van der Waals surface area contributed by atoms with Crippen LogP contribution in [0.5, 0.6) is 5.75 Å². The van der Waals surface area contributed by atoms with Crippen LogP contribution in [0.2, 0.25) is 0 Å². The molecule has 1 aromatic rings. The quantitative estimate of drug-likeness (QED) is 0.668. The summed E-state index contributed by atoms with van der Waals surface area (Å²) in [4.78, 5) is 0. The summed E-state index contributed by atoms with van der Waals surface area (Å²) >= 11 is 0. The normalized spacial score (nSPS) is 18.1. The summed E-state index contributed by atoms with van der Waals surface area (Å²) in [5, 5.41) is 0. The number of ether oxygens (including phenoxy) is 1. The molecule has 1 aliphatic carbocycles. The summed E-state index contributed by atoms with van der Waals surface area (Å²) in [6.45, 7) is 4.28. The maximum atomic E-state index is 6.20. The second kappa shape index (κ2) is 5.38. The summed E-state index contributed by atoms with van der Waals surface area (Å²) in [5.41, 5.74) is 2.54. The highest BCUT2D eigenvalue weighted by Gasteiger charge is 2.15. The lowest BCUT2D eigenvalue weighted by atomic mass is 10.1. The van der Waals surface area contributed by atoms with Gasteiger partial charge in [0.05, 0.1) is 6.10 Å². The first kappa shape index (κ1) is 11.5. The molecule has 16 heavy (non-hydrogen) atoms. The molecule has 0 radical (unpaired) electrons. The fourth-order valence-corrected chi connectivity index (χ4v) is 2.51. The van der Waals surface area contributed by atoms with E-state index in [2.05, 4.69) is 32.0 Å². The van der Waals surface area contributed by atoms with Crippen LogP contribution in [0.1, 0.15) is 49.7 Å². The van der Waals surface area contributed by atoms with Crippen molar-refractivity contribution in [2.45, 2.75) is 58.5 Å². The Morgan fingerprint density at radius 3 is 2.06 bits per heavy atom. The second-order valence-corrected chi connectivity index (χ2v) is 4.95. The van der Waals surface area contributed by atoms with Gasteiger partial charge in [0.2, 0.25) is 0 Å². The topological polar surface area (TPSA) is 9.23 Å². The molecule has 0 aromatic heterocycles. The van der Waals surface area contributed by atoms with E-state index in [-0.39, 0.29) is 0 Å². The number of benzene rings is 1. The van der Waals surface area contributed by atoms with Gasteiger partial charge < -0.3 is 4.74 Å². The van der Waals surface area contributed by atoms with Gasteiger partial charge in [0, 0.05) is 0 Å². The smallest absolute Gasteiger partial charge is 0.125 e. The summed E-state index contributed by atoms with van der Waals surface area (Å²) in [6, 6.07) is 6.38. The maximum Gasteiger partial charge on any atom is 0.125 e. The van der Waals surface area contributed by atoms with Crippen LogP contribution in [0.15, 0.2) is 18.2 Å². The van der Waals surface area contributed by atoms with Gasteiger partial charge in [-0.1, -0.05) is 31.0 Å². The zero-order valence-corrected chi connectivity index (χ0v) is 10.5. The van der Waals surface area contributed by atoms with Crippen LogP contribution in [-0.4, -0.2) is 6.10 Å². The Labute approximate surface area is 98.8 Å². The molecular formula is C15H22O. The van der Waals surface area contributed by atoms with Gasteiger partial charge in [-0.3, -0.25) is 0 Å². The number of hydrogen-bond donors (Lipinski definition) is 0. The van der Waals surface area contributed by atoms with E-state index in [0.717, 1.165) is 5.75 Å². The summed E-state index contributed by atoms with van der Waals surface area (Å²) < 4.78 is 6.20. The first-order valence-corrected chi connectivity index (χ1v) is 6.50. The molecule has 1 fully saturated rings. The van der Waals surface area contributed by atoms with Gasteiger partial charge in [0.15, 0.2) is 0 Å². The van der Waals surface area contributed by atoms with Crippen molar-refractivity contribution in [2.75, 3.05) is 0 Å². The third-order valence-corrected chi connectivity index (χ3v) is 3.50. The SMILES string of the molecule is Cc1cccc(C)c1OC1CCCCCC1. The standard InChI is InChI=1S/C15H22O/c1-12-8-7-9-13(2)15(12)16-14-10-5-3-4-6-11-14/h7-9,14H,3-6,10-11H2,1-2H3. The molecule has 2 rings (SSSR count). The molecule has 0 aliphatic heterocycles. The Balaban J connectivity index is 2.07. The number of para-hydroxylation sites is 1. The summed E-state index contributed by atoms with van der Waals surface area (Å²) in [6.07, 6.45) is 8.33. The van der Waals surface area contributed by atoms with Crippen LogP contribution in [-0.2, 0) is 0 Å². The van der Waals surface area contributed by atoms with Crippen molar-refractivity contribution >= 4 is 0 Å². The minimum Gasteiger partial charge on any atom is -0.490 e. The summed E-state index contributed by atoms with van der Waals surface area (Å²) in [7, 11) is 0. The predicted molar refractivity (Wildman–Crippen MR) is 68.0 cm³/mol. The highest BCUT2D eigenvalue weighted by Crippen LogP contribution is 2.27. The predicted octanol–water partition coefficient (Wildman–Crippen LogP) is 4.41. The third kappa shape index (κ3) is 2.78. The average Bonchev–Trinajstić information content (AvgIpc) is 2.52. The molecule has 0 heterocycles. The zero-order chi connectivity index (χ0) is 11.4. The van der Waals surface area contributed by atoms with Crippen LogP contribution in [0.3, 0.4) is 0 Å². The minimum atomic E-state index is 0.447. The Bertz CT molecular complexity index is 315. The third-order valence-electron chi connectivity index (χ3n) is 3.50. The van der Waals surface area contributed by atoms with E-state index >= 15 is 0 Å². The van der Waals surface area contributed by atoms with Crippen molar-refractivity contribution < 1.29 is 4.74 Å². The first-order valence-electron chi connectivity index (χ1n) is 6.50. The van der Waals surface area contributed by atoms with E-state index < -0.39 is 0 Å². The van der Waals surface area contributed by atoms with Crippen molar-refractivity contribution in [2.24, 2.45) is 0 Å². The van der Waals surface area contributed by atoms with Gasteiger partial charge in [-0.2, -0.15) is 0 Å². The van der Waals surface area contributed by atoms with Crippen molar-refractivity contribution in [3.63, 3.8) is 0 Å². The minimum absolute atomic E-state index is 0.447. The largest absolute Gasteiger partial charge is 0.490 e. The Hall–Kier alpha value is -0.980. The number of aryl methyl sites for hydroxylation is 2. The van der Waals surface area contributed by atoms with Crippen LogP contribution < -0.4 is 4.74 Å². The van der Waals surface area contributed by atoms with E-state index in [1.807, 2.05) is 0 Å². The zero-order valence-electron chi connectivity index (χ0n) is 10.5. The van der Waals surface area contributed by atoms with Gasteiger partial charge in [0.25, 0.3) is 0 Å². The lowest BCUT2D eigenvalue weighted by molar-refractivity contribution is 0.181. The number of hydrogen-bond acceptors (Lipinski definition) is 1. The molecule has 1 nitrogen and oxygen atoms in total. The first-order chi connectivity index (χ1) is 7.77. The molecule has 0 atom stereocenters. The van der Waals surface area contributed by atoms with E-state index in [1.165, 1.54) is 49.7 Å². The molecule has 0 unspecified atom stereocenters. The Morgan fingerprint density at radius 1 is 0.938 bits per heavy atom. The van der Waals surface area contributed by atoms with Crippen molar-refractivity contribution in [1.82, 2.24) is 0 Å². The fourth-order valence-electron chi connectivity index (χ4n) is 2.51. The molecule has 0 amide bonds. The lowest BCUT2D eigenvalue weighted by Gasteiger charge is -2.20. The molecule has 1 saturated carbocycles. The molecule has 0 saturated heterocycles. The maximum absolute atomic E-state index is 6.20. The van der Waals surface area contributed by atoms with Crippen molar-refractivity contribution in [3.05, 3.63) is 29.3 Å². The summed E-state index contributed by atoms with van der Waals surface area (Å²) in [5.74, 6) is 1.12. The van der Waals surface area contributed by atoms with Gasteiger partial charge in [-0.05, 0) is 50.7 Å². The molecule has 0 N–H and O–H groups in total. The molecule has 88 valence electrons. The van der Waals surface area contributed by atoms with Crippen LogP contribution in [0.25, 0.3) is 0 Å². The number of rotatable bonds is 2.